The molecule has 0 aromatic rings. The van der Waals surface area contributed by atoms with Gasteiger partial charge in [0.25, 0.3) is 0 Å². The zero-order chi connectivity index (χ0) is 38.7. The lowest BCUT2D eigenvalue weighted by molar-refractivity contribution is -0.303. The molecule has 0 radical (unpaired) electrons. The van der Waals surface area contributed by atoms with Crippen molar-refractivity contribution in [3.8, 4) is 0 Å². The first-order valence-corrected chi connectivity index (χ1v) is 20.3. The third-order valence-electron chi connectivity index (χ3n) is 15.3. The summed E-state index contributed by atoms with van der Waals surface area (Å²) in [5.41, 5.74) is -1.09. The van der Waals surface area contributed by atoms with E-state index in [1.165, 1.54) is 0 Å². The second-order valence-electron chi connectivity index (χ2n) is 18.2. The van der Waals surface area contributed by atoms with Gasteiger partial charge in [-0.25, -0.2) is 0 Å². The number of carbonyl (C=O) groups excluding carboxylic acids is 1. The lowest BCUT2D eigenvalue weighted by Gasteiger charge is -2.63. The number of Topliss-reactive ketones (excluding diaryl/α,β-unsaturated/α-hetero) is 1. The van der Waals surface area contributed by atoms with Crippen LogP contribution in [-0.2, 0) is 33.2 Å². The predicted molar refractivity (Wildman–Crippen MR) is 187 cm³/mol. The summed E-state index contributed by atoms with van der Waals surface area (Å²) in [7, 11) is 0. The molecule has 15 heteroatoms. The minimum atomic E-state index is -1.31. The van der Waals surface area contributed by atoms with Gasteiger partial charge >= 0.3 is 0 Å². The van der Waals surface area contributed by atoms with Crippen molar-refractivity contribution in [2.45, 2.75) is 183 Å². The molecule has 0 amide bonds. The summed E-state index contributed by atoms with van der Waals surface area (Å²) < 4.78 is 35.1. The van der Waals surface area contributed by atoms with E-state index in [1.54, 1.807) is 6.92 Å². The average molecular weight is 773 g/mol. The summed E-state index contributed by atoms with van der Waals surface area (Å²) in [5, 5.41) is 84.8. The maximum absolute atomic E-state index is 12.6. The normalized spacial score (nSPS) is 53.6. The second-order valence-corrected chi connectivity index (χ2v) is 18.2. The Morgan fingerprint density at radius 3 is 1.78 bits per heavy atom. The number of hydrogen-bond acceptors (Lipinski definition) is 15. The monoisotopic (exact) mass is 772 g/mol. The Kier molecular flexibility index (Phi) is 12.3. The van der Waals surface area contributed by atoms with E-state index < -0.39 is 79.4 Å². The Morgan fingerprint density at radius 2 is 1.19 bits per heavy atom. The lowest BCUT2D eigenvalue weighted by atomic mass is 9.43. The molecule has 0 aromatic carbocycles. The van der Waals surface area contributed by atoms with E-state index in [-0.39, 0.29) is 73.6 Å². The molecular weight excluding hydrogens is 708 g/mol. The van der Waals surface area contributed by atoms with Crippen molar-refractivity contribution >= 4 is 5.78 Å². The van der Waals surface area contributed by atoms with Crippen LogP contribution in [-0.4, -0.2) is 152 Å². The first-order chi connectivity index (χ1) is 25.5. The molecule has 0 aromatic heterocycles. The topological polar surface area (TPSA) is 234 Å². The highest BCUT2D eigenvalue weighted by atomic mass is 16.7. The van der Waals surface area contributed by atoms with E-state index >= 15 is 0 Å². The molecule has 15 nitrogen and oxygen atoms in total. The van der Waals surface area contributed by atoms with Gasteiger partial charge < -0.3 is 69.3 Å². The van der Waals surface area contributed by atoms with E-state index in [0.29, 0.717) is 18.3 Å². The van der Waals surface area contributed by atoms with Crippen molar-refractivity contribution in [2.24, 2.45) is 34.5 Å². The van der Waals surface area contributed by atoms with E-state index in [9.17, 15) is 45.6 Å². The summed E-state index contributed by atoms with van der Waals surface area (Å²) in [6.45, 7) is 5.81. The number of carbonyl (C=O) groups is 1. The molecule has 20 atom stereocenters. The van der Waals surface area contributed by atoms with Crippen LogP contribution in [0.25, 0.3) is 0 Å². The van der Waals surface area contributed by atoms with Gasteiger partial charge in [0.1, 0.15) is 42.4 Å². The van der Waals surface area contributed by atoms with Crippen molar-refractivity contribution in [1.82, 2.24) is 0 Å². The molecule has 20 unspecified atom stereocenters. The SMILES string of the molecule is CC(=O)C1CCC2(O)C3CCC4CC(OCC5OC(OCC6OC(OCC7OC(O)CC(O)C7O)CC(O)C6O)CC(O)C5O)CCC4(C)C3CCC12C. The summed E-state index contributed by atoms with van der Waals surface area (Å²) in [6.07, 6.45) is -5.82. The molecule has 8 N–H and O–H groups in total. The summed E-state index contributed by atoms with van der Waals surface area (Å²) in [6, 6.07) is 0. The second kappa shape index (κ2) is 16.0. The van der Waals surface area contributed by atoms with Gasteiger partial charge in [-0.1, -0.05) is 13.8 Å². The molecule has 7 rings (SSSR count). The molecule has 3 saturated heterocycles. The first-order valence-electron chi connectivity index (χ1n) is 20.3. The third kappa shape index (κ3) is 7.58. The van der Waals surface area contributed by atoms with Crippen LogP contribution in [0.15, 0.2) is 0 Å². The fourth-order valence-corrected chi connectivity index (χ4v) is 12.0. The highest BCUT2D eigenvalue weighted by molar-refractivity contribution is 5.80. The number of aliphatic hydroxyl groups excluding tert-OH is 7. The van der Waals surface area contributed by atoms with E-state index in [2.05, 4.69) is 13.8 Å². The van der Waals surface area contributed by atoms with Gasteiger partial charge in [-0.05, 0) is 87.9 Å². The Labute approximate surface area is 317 Å². The standard InChI is InChI=1S/C39H64O15/c1-19(40)22-8-11-39(48)24-5-4-20-12-21(6-9-37(20,2)23(24)7-10-38(22,39)3)49-16-29-35(46)26(42)14-33(53-29)51-18-30-36(47)27(43)15-32(54-30)50-17-28-34(45)25(41)13-31(44)52-28/h20-36,41-48H,4-18H2,1-3H3. The van der Waals surface area contributed by atoms with Crippen LogP contribution in [0.2, 0.25) is 0 Å². The van der Waals surface area contributed by atoms with Gasteiger partial charge in [-0.3, -0.25) is 4.79 Å². The Hall–Kier alpha value is -0.890. The number of hydrogen-bond donors (Lipinski definition) is 8. The summed E-state index contributed by atoms with van der Waals surface area (Å²) in [5.74, 6) is 1.16. The number of fused-ring (bicyclic) bond motifs is 5. The number of ether oxygens (including phenoxy) is 6. The van der Waals surface area contributed by atoms with Gasteiger partial charge in [0.15, 0.2) is 18.9 Å². The van der Waals surface area contributed by atoms with Crippen molar-refractivity contribution in [2.75, 3.05) is 19.8 Å². The highest BCUT2D eigenvalue weighted by Crippen LogP contribution is 2.69. The van der Waals surface area contributed by atoms with Crippen LogP contribution in [0.5, 0.6) is 0 Å². The first kappa shape index (κ1) is 41.3. The van der Waals surface area contributed by atoms with Gasteiger partial charge in [0.2, 0.25) is 0 Å². The van der Waals surface area contributed by atoms with Crippen molar-refractivity contribution < 1.29 is 74.1 Å². The third-order valence-corrected chi connectivity index (χ3v) is 15.3. The fourth-order valence-electron chi connectivity index (χ4n) is 12.0. The maximum atomic E-state index is 12.6. The number of ketones is 1. The maximum Gasteiger partial charge on any atom is 0.160 e. The van der Waals surface area contributed by atoms with Gasteiger partial charge in [0, 0.05) is 30.6 Å². The Bertz CT molecular complexity index is 1310. The smallest absolute Gasteiger partial charge is 0.160 e. The zero-order valence-corrected chi connectivity index (χ0v) is 31.9. The molecule has 4 aliphatic carbocycles. The van der Waals surface area contributed by atoms with Crippen molar-refractivity contribution in [1.29, 1.82) is 0 Å². The molecule has 0 bridgehead atoms. The minimum absolute atomic E-state index is 0.0322. The molecular formula is C39H64O15. The lowest BCUT2D eigenvalue weighted by Crippen LogP contribution is -2.62. The zero-order valence-electron chi connectivity index (χ0n) is 31.9. The number of aliphatic hydroxyl groups is 8. The molecule has 3 heterocycles. The van der Waals surface area contributed by atoms with Crippen LogP contribution < -0.4 is 0 Å². The predicted octanol–water partition coefficient (Wildman–Crippen LogP) is 0.270. The summed E-state index contributed by atoms with van der Waals surface area (Å²) >= 11 is 0. The largest absolute Gasteiger partial charge is 0.390 e. The molecule has 310 valence electrons. The average Bonchev–Trinajstić information content (AvgIpc) is 3.41. The van der Waals surface area contributed by atoms with Crippen LogP contribution in [0.1, 0.15) is 97.8 Å². The molecule has 7 fully saturated rings. The molecule has 54 heavy (non-hydrogen) atoms. The van der Waals surface area contributed by atoms with Crippen molar-refractivity contribution in [3.63, 3.8) is 0 Å². The Morgan fingerprint density at radius 1 is 0.630 bits per heavy atom. The van der Waals surface area contributed by atoms with Crippen molar-refractivity contribution in [3.05, 3.63) is 0 Å². The van der Waals surface area contributed by atoms with Gasteiger partial charge in [-0.2, -0.15) is 0 Å². The minimum Gasteiger partial charge on any atom is -0.390 e. The van der Waals surface area contributed by atoms with Crippen LogP contribution in [0.4, 0.5) is 0 Å². The highest BCUT2D eigenvalue weighted by Gasteiger charge is 2.68. The van der Waals surface area contributed by atoms with E-state index in [4.69, 9.17) is 28.4 Å². The van der Waals surface area contributed by atoms with E-state index in [1.807, 2.05) is 0 Å². The Balaban J connectivity index is 0.893. The van der Waals surface area contributed by atoms with Crippen LogP contribution in [0.3, 0.4) is 0 Å². The van der Waals surface area contributed by atoms with Gasteiger partial charge in [-0.15, -0.1) is 0 Å². The van der Waals surface area contributed by atoms with E-state index in [0.717, 1.165) is 51.4 Å². The van der Waals surface area contributed by atoms with Crippen LogP contribution >= 0.6 is 0 Å². The quantitative estimate of drug-likeness (QED) is 0.149. The number of rotatable bonds is 10. The van der Waals surface area contributed by atoms with Gasteiger partial charge in [0.05, 0.1) is 49.8 Å². The van der Waals surface area contributed by atoms with Crippen LogP contribution in [0, 0.1) is 34.5 Å². The molecule has 4 saturated carbocycles. The fraction of sp³-hybridized carbons (Fsp3) is 0.974. The molecule has 7 aliphatic rings. The summed E-state index contributed by atoms with van der Waals surface area (Å²) in [4.78, 5) is 12.6. The molecule has 0 spiro atoms. The molecule has 3 aliphatic heterocycles.